The monoisotopic (exact) mass is 236 g/mol. The second-order valence-electron chi connectivity index (χ2n) is 4.99. The molecule has 2 rings (SSSR count). The minimum absolute atomic E-state index is 0.210. The van der Waals surface area contributed by atoms with Gasteiger partial charge in [-0.25, -0.2) is 4.79 Å². The Hall–Kier alpha value is -1.32. The summed E-state index contributed by atoms with van der Waals surface area (Å²) in [6.07, 6.45) is 11.2. The maximum atomic E-state index is 11.1. The molecular weight excluding hydrogens is 216 g/mol. The van der Waals surface area contributed by atoms with Gasteiger partial charge in [0.05, 0.1) is 6.42 Å². The summed E-state index contributed by atoms with van der Waals surface area (Å²) in [5, 5.41) is 4.89. The van der Waals surface area contributed by atoms with Crippen molar-refractivity contribution in [1.29, 1.82) is 0 Å². The normalized spacial score (nSPS) is 24.6. The Bertz CT molecular complexity index is 312. The van der Waals surface area contributed by atoms with Gasteiger partial charge in [0, 0.05) is 5.70 Å². The van der Waals surface area contributed by atoms with Crippen LogP contribution in [-0.4, -0.2) is 11.9 Å². The molecule has 0 spiro atoms. The summed E-state index contributed by atoms with van der Waals surface area (Å²) in [5.74, 6) is 0.631. The summed E-state index contributed by atoms with van der Waals surface area (Å²) in [7, 11) is 0. The van der Waals surface area contributed by atoms with Crippen LogP contribution in [0.1, 0.15) is 51.4 Å². The van der Waals surface area contributed by atoms with E-state index in [1.165, 1.54) is 38.5 Å². The third kappa shape index (κ3) is 3.88. The molecule has 0 unspecified atom stereocenters. The number of carbonyl (C=O) groups is 2. The molecule has 2 N–H and O–H groups in total. The molecule has 0 bridgehead atoms. The van der Waals surface area contributed by atoms with Gasteiger partial charge in [-0.15, -0.1) is 0 Å². The van der Waals surface area contributed by atoms with Gasteiger partial charge in [-0.05, 0) is 18.8 Å². The first-order chi connectivity index (χ1) is 8.24. The fourth-order valence-electron chi connectivity index (χ4n) is 2.66. The van der Waals surface area contributed by atoms with Crippen LogP contribution >= 0.6 is 0 Å². The average molecular weight is 236 g/mol. The minimum Gasteiger partial charge on any atom is -0.311 e. The predicted molar refractivity (Wildman–Crippen MR) is 65.2 cm³/mol. The Kier molecular flexibility index (Phi) is 4.18. The number of amides is 3. The van der Waals surface area contributed by atoms with Crippen molar-refractivity contribution in [3.8, 4) is 0 Å². The molecule has 1 saturated carbocycles. The molecule has 3 amide bonds. The van der Waals surface area contributed by atoms with Gasteiger partial charge in [0.1, 0.15) is 0 Å². The van der Waals surface area contributed by atoms with Crippen LogP contribution in [0, 0.1) is 5.92 Å². The summed E-state index contributed by atoms with van der Waals surface area (Å²) < 4.78 is 0. The van der Waals surface area contributed by atoms with E-state index < -0.39 is 6.03 Å². The second kappa shape index (κ2) is 5.84. The summed E-state index contributed by atoms with van der Waals surface area (Å²) in [5.41, 5.74) is 0.759. The van der Waals surface area contributed by atoms with E-state index in [9.17, 15) is 9.59 Å². The molecule has 4 heteroatoms. The summed E-state index contributed by atoms with van der Waals surface area (Å²) in [4.78, 5) is 22.2. The van der Waals surface area contributed by atoms with E-state index in [1.54, 1.807) is 0 Å². The third-order valence-corrected chi connectivity index (χ3v) is 3.57. The highest BCUT2D eigenvalue weighted by molar-refractivity contribution is 5.99. The number of nitrogens with one attached hydrogen (secondary N) is 2. The van der Waals surface area contributed by atoms with Crippen molar-refractivity contribution in [2.75, 3.05) is 0 Å². The number of carbonyl (C=O) groups excluding carboxylic acids is 2. The van der Waals surface area contributed by atoms with Crippen molar-refractivity contribution in [2.24, 2.45) is 5.92 Å². The molecule has 0 atom stereocenters. The molecular formula is C13H20N2O2. The molecule has 0 aromatic heterocycles. The van der Waals surface area contributed by atoms with Gasteiger partial charge in [0.25, 0.3) is 0 Å². The van der Waals surface area contributed by atoms with Crippen LogP contribution in [0.3, 0.4) is 0 Å². The van der Waals surface area contributed by atoms with E-state index in [0.29, 0.717) is 6.42 Å². The minimum atomic E-state index is -0.398. The van der Waals surface area contributed by atoms with Crippen LogP contribution in [-0.2, 0) is 4.79 Å². The van der Waals surface area contributed by atoms with Crippen molar-refractivity contribution in [3.63, 3.8) is 0 Å². The summed E-state index contributed by atoms with van der Waals surface area (Å²) in [6, 6.07) is -0.398. The molecule has 2 fully saturated rings. The SMILES string of the molecule is O=C1CC(=CCCC2CCCCC2)NC(=O)N1. The Labute approximate surface area is 102 Å². The molecule has 1 aliphatic heterocycles. The first kappa shape index (κ1) is 12.1. The lowest BCUT2D eigenvalue weighted by Gasteiger charge is -2.21. The molecule has 94 valence electrons. The Balaban J connectivity index is 1.75. The maximum Gasteiger partial charge on any atom is 0.325 e. The van der Waals surface area contributed by atoms with Gasteiger partial charge < -0.3 is 5.32 Å². The van der Waals surface area contributed by atoms with Crippen molar-refractivity contribution >= 4 is 11.9 Å². The van der Waals surface area contributed by atoms with Crippen molar-refractivity contribution < 1.29 is 9.59 Å². The molecule has 0 aromatic carbocycles. The molecule has 1 heterocycles. The highest BCUT2D eigenvalue weighted by atomic mass is 16.2. The molecule has 0 radical (unpaired) electrons. The smallest absolute Gasteiger partial charge is 0.311 e. The topological polar surface area (TPSA) is 58.2 Å². The number of hydrogen-bond donors (Lipinski definition) is 2. The Morgan fingerprint density at radius 2 is 1.88 bits per heavy atom. The first-order valence-corrected chi connectivity index (χ1v) is 6.54. The maximum absolute atomic E-state index is 11.1. The fourth-order valence-corrected chi connectivity index (χ4v) is 2.66. The summed E-state index contributed by atoms with van der Waals surface area (Å²) in [6.45, 7) is 0. The van der Waals surface area contributed by atoms with Crippen LogP contribution in [0.15, 0.2) is 11.8 Å². The summed E-state index contributed by atoms with van der Waals surface area (Å²) >= 11 is 0. The van der Waals surface area contributed by atoms with E-state index in [0.717, 1.165) is 18.0 Å². The van der Waals surface area contributed by atoms with Gasteiger partial charge >= 0.3 is 6.03 Å². The van der Waals surface area contributed by atoms with Crippen LogP contribution in [0.25, 0.3) is 0 Å². The quantitative estimate of drug-likeness (QED) is 0.790. The van der Waals surface area contributed by atoms with E-state index in [4.69, 9.17) is 0 Å². The average Bonchev–Trinajstić information content (AvgIpc) is 2.29. The zero-order chi connectivity index (χ0) is 12.1. The second-order valence-corrected chi connectivity index (χ2v) is 4.99. The number of rotatable bonds is 3. The number of allylic oxidation sites excluding steroid dienone is 1. The third-order valence-electron chi connectivity index (χ3n) is 3.57. The molecule has 0 aromatic rings. The van der Waals surface area contributed by atoms with E-state index in [-0.39, 0.29) is 5.91 Å². The standard InChI is InChI=1S/C13H20N2O2/c16-12-9-11(14-13(17)15-12)8-4-7-10-5-2-1-3-6-10/h8,10H,1-7,9H2,(H2,14,15,16,17). The van der Waals surface area contributed by atoms with Crippen molar-refractivity contribution in [2.45, 2.75) is 51.4 Å². The zero-order valence-corrected chi connectivity index (χ0v) is 10.1. The van der Waals surface area contributed by atoms with Crippen LogP contribution < -0.4 is 10.6 Å². The number of imide groups is 1. The zero-order valence-electron chi connectivity index (χ0n) is 10.1. The van der Waals surface area contributed by atoms with Gasteiger partial charge in [-0.3, -0.25) is 10.1 Å². The molecule has 4 nitrogen and oxygen atoms in total. The molecule has 2 aliphatic rings. The molecule has 17 heavy (non-hydrogen) atoms. The number of hydrogen-bond acceptors (Lipinski definition) is 2. The Morgan fingerprint density at radius 3 is 2.59 bits per heavy atom. The van der Waals surface area contributed by atoms with Crippen LogP contribution in [0.5, 0.6) is 0 Å². The van der Waals surface area contributed by atoms with Gasteiger partial charge in [0.15, 0.2) is 0 Å². The van der Waals surface area contributed by atoms with Gasteiger partial charge in [-0.1, -0.05) is 38.2 Å². The highest BCUT2D eigenvalue weighted by Gasteiger charge is 2.18. The Morgan fingerprint density at radius 1 is 1.12 bits per heavy atom. The lowest BCUT2D eigenvalue weighted by Crippen LogP contribution is -2.45. The predicted octanol–water partition coefficient (Wildman–Crippen LogP) is 2.46. The van der Waals surface area contributed by atoms with E-state index in [1.807, 2.05) is 6.08 Å². The van der Waals surface area contributed by atoms with Gasteiger partial charge in [0.2, 0.25) is 5.91 Å². The lowest BCUT2D eigenvalue weighted by molar-refractivity contribution is -0.119. The van der Waals surface area contributed by atoms with E-state index >= 15 is 0 Å². The largest absolute Gasteiger partial charge is 0.325 e. The first-order valence-electron chi connectivity index (χ1n) is 6.54. The molecule has 1 saturated heterocycles. The van der Waals surface area contributed by atoms with Crippen molar-refractivity contribution in [1.82, 2.24) is 10.6 Å². The number of urea groups is 1. The molecule has 1 aliphatic carbocycles. The fraction of sp³-hybridized carbons (Fsp3) is 0.692. The van der Waals surface area contributed by atoms with Crippen LogP contribution in [0.2, 0.25) is 0 Å². The van der Waals surface area contributed by atoms with E-state index in [2.05, 4.69) is 10.6 Å². The van der Waals surface area contributed by atoms with Crippen molar-refractivity contribution in [3.05, 3.63) is 11.8 Å². The van der Waals surface area contributed by atoms with Crippen LogP contribution in [0.4, 0.5) is 4.79 Å². The highest BCUT2D eigenvalue weighted by Crippen LogP contribution is 2.27. The van der Waals surface area contributed by atoms with Gasteiger partial charge in [-0.2, -0.15) is 0 Å². The lowest BCUT2D eigenvalue weighted by atomic mass is 9.86.